The van der Waals surface area contributed by atoms with Gasteiger partial charge in [0.2, 0.25) is 5.91 Å². The van der Waals surface area contributed by atoms with Crippen LogP contribution in [0.1, 0.15) is 23.2 Å². The third-order valence-corrected chi connectivity index (χ3v) is 6.86. The minimum absolute atomic E-state index is 0.136. The first-order valence-electron chi connectivity index (χ1n) is 9.03. The second-order valence-corrected chi connectivity index (χ2v) is 8.77. The molecular weight excluding hydrogens is 378 g/mol. The molecule has 0 spiro atoms. The Hall–Kier alpha value is -2.87. The second-order valence-electron chi connectivity index (χ2n) is 6.80. The van der Waals surface area contributed by atoms with Crippen LogP contribution in [0.3, 0.4) is 0 Å². The van der Waals surface area contributed by atoms with Crippen molar-refractivity contribution in [2.75, 3.05) is 24.4 Å². The van der Waals surface area contributed by atoms with Gasteiger partial charge in [0, 0.05) is 31.6 Å². The highest BCUT2D eigenvalue weighted by atomic mass is 32.2. The summed E-state index contributed by atoms with van der Waals surface area (Å²) in [4.78, 5) is 25.8. The van der Waals surface area contributed by atoms with E-state index >= 15 is 0 Å². The molecule has 2 amide bonds. The first-order valence-corrected chi connectivity index (χ1v) is 10.5. The Balaban J connectivity index is 1.71. The van der Waals surface area contributed by atoms with Crippen LogP contribution in [0.15, 0.2) is 59.5 Å². The van der Waals surface area contributed by atoms with Gasteiger partial charge < -0.3 is 10.6 Å². The zero-order valence-corrected chi connectivity index (χ0v) is 16.4. The summed E-state index contributed by atoms with van der Waals surface area (Å²) in [5.41, 5.74) is 6.27. The number of carbonyl (C=O) groups excluding carboxylic acids is 2. The van der Waals surface area contributed by atoms with Crippen LogP contribution in [-0.4, -0.2) is 45.3 Å². The normalized spacial score (nSPS) is 15.2. The summed E-state index contributed by atoms with van der Waals surface area (Å²) >= 11 is 0. The van der Waals surface area contributed by atoms with Crippen LogP contribution in [0.4, 0.5) is 5.69 Å². The van der Waals surface area contributed by atoms with Gasteiger partial charge in [-0.05, 0) is 49.2 Å². The van der Waals surface area contributed by atoms with Crippen molar-refractivity contribution in [3.05, 3.63) is 60.2 Å². The van der Waals surface area contributed by atoms with Crippen molar-refractivity contribution < 1.29 is 18.0 Å². The molecular formula is C20H23N3O4S. The number of rotatable bonds is 5. The third-order valence-electron chi connectivity index (χ3n) is 5.06. The summed E-state index contributed by atoms with van der Waals surface area (Å²) in [7, 11) is -2.19. The Morgan fingerprint density at radius 1 is 1.00 bits per heavy atom. The number of nitrogens with zero attached hydrogens (tertiary/aromatic N) is 2. The highest BCUT2D eigenvalue weighted by Gasteiger charge is 2.27. The Labute approximate surface area is 164 Å². The average Bonchev–Trinajstić information content (AvgIpc) is 2.73. The zero-order valence-electron chi connectivity index (χ0n) is 15.6. The summed E-state index contributed by atoms with van der Waals surface area (Å²) in [6, 6.07) is 14.6. The fourth-order valence-electron chi connectivity index (χ4n) is 3.25. The molecule has 0 radical (unpaired) electrons. The van der Waals surface area contributed by atoms with E-state index in [4.69, 9.17) is 5.73 Å². The number of benzene rings is 2. The number of amides is 2. The predicted molar refractivity (Wildman–Crippen MR) is 106 cm³/mol. The molecule has 8 heteroatoms. The molecule has 2 aromatic carbocycles. The van der Waals surface area contributed by atoms with E-state index in [0.29, 0.717) is 37.2 Å². The van der Waals surface area contributed by atoms with Crippen molar-refractivity contribution in [2.24, 2.45) is 11.7 Å². The number of anilines is 1. The maximum Gasteiger partial charge on any atom is 0.264 e. The van der Waals surface area contributed by atoms with Gasteiger partial charge in [0.1, 0.15) is 0 Å². The fraction of sp³-hybridized carbons (Fsp3) is 0.300. The smallest absolute Gasteiger partial charge is 0.264 e. The quantitative estimate of drug-likeness (QED) is 0.826. The van der Waals surface area contributed by atoms with Gasteiger partial charge in [-0.2, -0.15) is 0 Å². The minimum atomic E-state index is -3.67. The van der Waals surface area contributed by atoms with Crippen LogP contribution in [0.5, 0.6) is 0 Å². The van der Waals surface area contributed by atoms with Gasteiger partial charge in [-0.25, -0.2) is 8.42 Å². The van der Waals surface area contributed by atoms with Crippen molar-refractivity contribution in [2.45, 2.75) is 17.7 Å². The van der Waals surface area contributed by atoms with Crippen molar-refractivity contribution in [1.82, 2.24) is 4.90 Å². The first-order chi connectivity index (χ1) is 13.3. The molecule has 148 valence electrons. The van der Waals surface area contributed by atoms with Crippen molar-refractivity contribution in [1.29, 1.82) is 0 Å². The third kappa shape index (κ3) is 4.01. The fourth-order valence-corrected chi connectivity index (χ4v) is 4.47. The molecule has 28 heavy (non-hydrogen) atoms. The number of carbonyl (C=O) groups is 2. The predicted octanol–water partition coefficient (Wildman–Crippen LogP) is 1.85. The van der Waals surface area contributed by atoms with Crippen LogP contribution in [0.2, 0.25) is 0 Å². The monoisotopic (exact) mass is 401 g/mol. The lowest BCUT2D eigenvalue weighted by Crippen LogP contribution is -2.41. The van der Waals surface area contributed by atoms with Crippen LogP contribution in [0, 0.1) is 5.92 Å². The van der Waals surface area contributed by atoms with Crippen LogP contribution < -0.4 is 10.0 Å². The van der Waals surface area contributed by atoms with Crippen molar-refractivity contribution in [3.8, 4) is 0 Å². The Morgan fingerprint density at radius 2 is 1.57 bits per heavy atom. The maximum absolute atomic E-state index is 12.7. The molecule has 0 unspecified atom stereocenters. The van der Waals surface area contributed by atoms with E-state index in [2.05, 4.69) is 0 Å². The number of nitrogens with two attached hydrogens (primary N) is 1. The molecule has 0 atom stereocenters. The zero-order chi connectivity index (χ0) is 20.3. The average molecular weight is 401 g/mol. The minimum Gasteiger partial charge on any atom is -0.369 e. The summed E-state index contributed by atoms with van der Waals surface area (Å²) in [5.74, 6) is -0.634. The first kappa shape index (κ1) is 19.9. The molecule has 1 aliphatic rings. The Bertz CT molecular complexity index is 951. The van der Waals surface area contributed by atoms with E-state index in [9.17, 15) is 18.0 Å². The van der Waals surface area contributed by atoms with Crippen molar-refractivity contribution in [3.63, 3.8) is 0 Å². The molecule has 0 aromatic heterocycles. The lowest BCUT2D eigenvalue weighted by molar-refractivity contribution is -0.123. The van der Waals surface area contributed by atoms with Gasteiger partial charge in [0.15, 0.2) is 0 Å². The second kappa shape index (κ2) is 8.02. The summed E-state index contributed by atoms with van der Waals surface area (Å²) in [6.45, 7) is 0.965. The topological polar surface area (TPSA) is 101 Å². The number of primary amides is 1. The molecule has 1 heterocycles. The number of hydrogen-bond donors (Lipinski definition) is 1. The Kier molecular flexibility index (Phi) is 5.69. The lowest BCUT2D eigenvalue weighted by Gasteiger charge is -2.30. The molecule has 1 saturated heterocycles. The van der Waals surface area contributed by atoms with E-state index in [1.54, 1.807) is 59.5 Å². The van der Waals surface area contributed by atoms with Gasteiger partial charge in [-0.3, -0.25) is 13.9 Å². The lowest BCUT2D eigenvalue weighted by atomic mass is 9.96. The molecule has 7 nitrogen and oxygen atoms in total. The van der Waals surface area contributed by atoms with E-state index in [-0.39, 0.29) is 22.6 Å². The number of likely N-dealkylation sites (tertiary alicyclic amines) is 1. The van der Waals surface area contributed by atoms with Gasteiger partial charge in [-0.15, -0.1) is 0 Å². The molecule has 0 aliphatic carbocycles. The van der Waals surface area contributed by atoms with Gasteiger partial charge in [-0.1, -0.05) is 18.2 Å². The summed E-state index contributed by atoms with van der Waals surface area (Å²) in [6.07, 6.45) is 1.13. The molecule has 1 fully saturated rings. The van der Waals surface area contributed by atoms with E-state index in [1.807, 2.05) is 0 Å². The highest BCUT2D eigenvalue weighted by molar-refractivity contribution is 7.92. The van der Waals surface area contributed by atoms with E-state index in [0.717, 1.165) is 0 Å². The molecule has 0 saturated carbocycles. The molecule has 1 aliphatic heterocycles. The molecule has 0 bridgehead atoms. The maximum atomic E-state index is 12.7. The standard InChI is InChI=1S/C20H23N3O4S/c1-22(28(26,27)18-5-3-2-4-6-18)17-9-7-16(8-10-17)20(25)23-13-11-15(12-14-23)19(21)24/h2-10,15H,11-14H2,1H3,(H2,21,24). The summed E-state index contributed by atoms with van der Waals surface area (Å²) in [5, 5.41) is 0. The molecule has 2 N–H and O–H groups in total. The SMILES string of the molecule is CN(c1ccc(C(=O)N2CCC(C(N)=O)CC2)cc1)S(=O)(=O)c1ccccc1. The largest absolute Gasteiger partial charge is 0.369 e. The van der Waals surface area contributed by atoms with Crippen LogP contribution in [-0.2, 0) is 14.8 Å². The molecule has 2 aromatic rings. The number of piperidine rings is 1. The number of hydrogen-bond acceptors (Lipinski definition) is 4. The van der Waals surface area contributed by atoms with E-state index in [1.165, 1.54) is 11.4 Å². The molecule has 3 rings (SSSR count). The Morgan fingerprint density at radius 3 is 2.11 bits per heavy atom. The van der Waals surface area contributed by atoms with Gasteiger partial charge in [0.25, 0.3) is 15.9 Å². The number of sulfonamides is 1. The van der Waals surface area contributed by atoms with E-state index < -0.39 is 10.0 Å². The highest BCUT2D eigenvalue weighted by Crippen LogP contribution is 2.24. The van der Waals surface area contributed by atoms with Crippen LogP contribution >= 0.6 is 0 Å². The van der Waals surface area contributed by atoms with Crippen molar-refractivity contribution >= 4 is 27.5 Å². The van der Waals surface area contributed by atoms with Gasteiger partial charge in [0.05, 0.1) is 10.6 Å². The summed E-state index contributed by atoms with van der Waals surface area (Å²) < 4.78 is 26.6. The van der Waals surface area contributed by atoms with Crippen LogP contribution in [0.25, 0.3) is 0 Å². The van der Waals surface area contributed by atoms with Gasteiger partial charge >= 0.3 is 0 Å².